The maximum absolute atomic E-state index is 10.3. The fourth-order valence-electron chi connectivity index (χ4n) is 4.21. The molecule has 24 heavy (non-hydrogen) atoms. The first-order chi connectivity index (χ1) is 11.7. The molecule has 0 bridgehead atoms. The van der Waals surface area contributed by atoms with E-state index in [4.69, 9.17) is 16.3 Å². The number of halogens is 1. The highest BCUT2D eigenvalue weighted by atomic mass is 35.5. The van der Waals surface area contributed by atoms with Crippen molar-refractivity contribution in [2.45, 2.75) is 38.0 Å². The molecule has 2 fully saturated rings. The first-order valence-electron chi connectivity index (χ1n) is 8.76. The van der Waals surface area contributed by atoms with Gasteiger partial charge < -0.3 is 9.84 Å². The minimum Gasteiger partial charge on any atom is -0.393 e. The molecule has 1 saturated heterocycles. The largest absolute Gasteiger partial charge is 0.393 e. The SMILES string of the molecule is OC1CCCC1C1COCCN1Cc1ccc(Cl)c2cccnc12. The predicted molar refractivity (Wildman–Crippen MR) is 95.1 cm³/mol. The molecule has 0 radical (unpaired) electrons. The normalized spacial score (nSPS) is 28.5. The van der Waals surface area contributed by atoms with E-state index in [0.29, 0.717) is 12.5 Å². The van der Waals surface area contributed by atoms with Crippen molar-refractivity contribution in [3.63, 3.8) is 0 Å². The lowest BCUT2D eigenvalue weighted by atomic mass is 9.93. The molecule has 0 spiro atoms. The molecule has 3 atom stereocenters. The van der Waals surface area contributed by atoms with Gasteiger partial charge in [0.25, 0.3) is 0 Å². The Morgan fingerprint density at radius 2 is 2.21 bits per heavy atom. The summed E-state index contributed by atoms with van der Waals surface area (Å²) in [5.74, 6) is 0.317. The van der Waals surface area contributed by atoms with Crippen LogP contribution in [-0.4, -0.2) is 46.9 Å². The van der Waals surface area contributed by atoms with Gasteiger partial charge in [-0.1, -0.05) is 24.1 Å². The fourth-order valence-corrected chi connectivity index (χ4v) is 4.42. The van der Waals surface area contributed by atoms with Gasteiger partial charge in [-0.25, -0.2) is 0 Å². The summed E-state index contributed by atoms with van der Waals surface area (Å²) < 4.78 is 5.73. The van der Waals surface area contributed by atoms with Gasteiger partial charge in [0.2, 0.25) is 0 Å². The zero-order chi connectivity index (χ0) is 16.5. The van der Waals surface area contributed by atoms with Crippen LogP contribution in [0.1, 0.15) is 24.8 Å². The summed E-state index contributed by atoms with van der Waals surface area (Å²) in [7, 11) is 0. The number of hydrogen-bond acceptors (Lipinski definition) is 4. The standard InChI is InChI=1S/C19H23ClN2O2/c20-16-7-6-13(19-14(16)4-2-8-21-19)11-22-9-10-24-12-17(22)15-3-1-5-18(15)23/h2,4,6-8,15,17-18,23H,1,3,5,9-12H2. The average Bonchev–Trinajstić information content (AvgIpc) is 3.04. The van der Waals surface area contributed by atoms with Gasteiger partial charge in [0.05, 0.1) is 24.8 Å². The number of morpholine rings is 1. The molecule has 1 aliphatic heterocycles. The highest BCUT2D eigenvalue weighted by Crippen LogP contribution is 2.33. The van der Waals surface area contributed by atoms with Gasteiger partial charge in [-0.15, -0.1) is 0 Å². The number of aliphatic hydroxyl groups excluding tert-OH is 1. The number of pyridine rings is 1. The maximum atomic E-state index is 10.3. The lowest BCUT2D eigenvalue weighted by Crippen LogP contribution is -2.50. The molecule has 2 heterocycles. The van der Waals surface area contributed by atoms with Gasteiger partial charge >= 0.3 is 0 Å². The Balaban J connectivity index is 1.62. The van der Waals surface area contributed by atoms with Gasteiger partial charge in [0, 0.05) is 41.7 Å². The second kappa shape index (κ2) is 6.96. The molecule has 4 nitrogen and oxygen atoms in total. The van der Waals surface area contributed by atoms with Crippen LogP contribution >= 0.6 is 11.6 Å². The number of benzene rings is 1. The van der Waals surface area contributed by atoms with Gasteiger partial charge in [0.1, 0.15) is 0 Å². The zero-order valence-electron chi connectivity index (χ0n) is 13.7. The Bertz CT molecular complexity index is 724. The van der Waals surface area contributed by atoms with Crippen molar-refractivity contribution in [1.82, 2.24) is 9.88 Å². The molecular formula is C19H23ClN2O2. The number of hydrogen-bond donors (Lipinski definition) is 1. The molecule has 1 aliphatic carbocycles. The van der Waals surface area contributed by atoms with Crippen molar-refractivity contribution < 1.29 is 9.84 Å². The van der Waals surface area contributed by atoms with Crippen LogP contribution in [0.2, 0.25) is 5.02 Å². The summed E-state index contributed by atoms with van der Waals surface area (Å²) in [6, 6.07) is 8.26. The van der Waals surface area contributed by atoms with Crippen molar-refractivity contribution >= 4 is 22.5 Å². The Labute approximate surface area is 147 Å². The minimum atomic E-state index is -0.195. The molecule has 0 amide bonds. The number of fused-ring (bicyclic) bond motifs is 1. The van der Waals surface area contributed by atoms with Crippen LogP contribution in [0, 0.1) is 5.92 Å². The lowest BCUT2D eigenvalue weighted by molar-refractivity contribution is -0.0535. The summed E-state index contributed by atoms with van der Waals surface area (Å²) in [6.45, 7) is 3.17. The lowest BCUT2D eigenvalue weighted by Gasteiger charge is -2.40. The molecule has 1 saturated carbocycles. The topological polar surface area (TPSA) is 45.6 Å². The molecule has 2 aromatic rings. The van der Waals surface area contributed by atoms with Gasteiger partial charge in [-0.05, 0) is 36.6 Å². The molecule has 128 valence electrons. The van der Waals surface area contributed by atoms with Crippen LogP contribution in [0.15, 0.2) is 30.5 Å². The van der Waals surface area contributed by atoms with E-state index in [1.54, 1.807) is 0 Å². The van der Waals surface area contributed by atoms with Crippen molar-refractivity contribution in [2.75, 3.05) is 19.8 Å². The summed E-state index contributed by atoms with van der Waals surface area (Å²) in [5, 5.41) is 12.1. The number of nitrogens with zero attached hydrogens (tertiary/aromatic N) is 2. The molecule has 5 heteroatoms. The van der Waals surface area contributed by atoms with Crippen LogP contribution in [0.5, 0.6) is 0 Å². The first kappa shape index (κ1) is 16.3. The molecule has 3 unspecified atom stereocenters. The number of rotatable bonds is 3. The predicted octanol–water partition coefficient (Wildman–Crippen LogP) is 3.25. The first-order valence-corrected chi connectivity index (χ1v) is 9.14. The second-order valence-corrected chi connectivity index (χ2v) is 7.29. The molecule has 1 aromatic heterocycles. The summed E-state index contributed by atoms with van der Waals surface area (Å²) >= 11 is 6.32. The quantitative estimate of drug-likeness (QED) is 0.926. The third kappa shape index (κ3) is 3.04. The average molecular weight is 347 g/mol. The maximum Gasteiger partial charge on any atom is 0.0761 e. The van der Waals surface area contributed by atoms with Crippen molar-refractivity contribution in [3.8, 4) is 0 Å². The number of aromatic nitrogens is 1. The van der Waals surface area contributed by atoms with E-state index in [1.165, 1.54) is 5.56 Å². The van der Waals surface area contributed by atoms with Crippen molar-refractivity contribution in [2.24, 2.45) is 5.92 Å². The van der Waals surface area contributed by atoms with E-state index in [9.17, 15) is 5.11 Å². The van der Waals surface area contributed by atoms with Crippen LogP contribution < -0.4 is 0 Å². The molecule has 1 N–H and O–H groups in total. The number of ether oxygens (including phenoxy) is 1. The molecule has 2 aliphatic rings. The van der Waals surface area contributed by atoms with Gasteiger partial charge in [-0.3, -0.25) is 9.88 Å². The third-order valence-corrected chi connectivity index (χ3v) is 5.81. The van der Waals surface area contributed by atoms with E-state index >= 15 is 0 Å². The van der Waals surface area contributed by atoms with E-state index in [-0.39, 0.29) is 12.1 Å². The molecule has 4 rings (SSSR count). The van der Waals surface area contributed by atoms with Crippen molar-refractivity contribution in [1.29, 1.82) is 0 Å². The Hall–Kier alpha value is -1.20. The smallest absolute Gasteiger partial charge is 0.0761 e. The second-order valence-electron chi connectivity index (χ2n) is 6.88. The highest BCUT2D eigenvalue weighted by molar-refractivity contribution is 6.35. The van der Waals surface area contributed by atoms with E-state index < -0.39 is 0 Å². The molecule has 1 aromatic carbocycles. The van der Waals surface area contributed by atoms with E-state index in [0.717, 1.165) is 54.9 Å². The molecular weight excluding hydrogens is 324 g/mol. The van der Waals surface area contributed by atoms with E-state index in [2.05, 4.69) is 16.0 Å². The minimum absolute atomic E-state index is 0.195. The van der Waals surface area contributed by atoms with Crippen molar-refractivity contribution in [3.05, 3.63) is 41.0 Å². The summed E-state index contributed by atoms with van der Waals surface area (Å²) in [6.07, 6.45) is 4.74. The Kier molecular flexibility index (Phi) is 4.72. The van der Waals surface area contributed by atoms with Gasteiger partial charge in [-0.2, -0.15) is 0 Å². The Morgan fingerprint density at radius 3 is 3.04 bits per heavy atom. The highest BCUT2D eigenvalue weighted by Gasteiger charge is 2.37. The van der Waals surface area contributed by atoms with Gasteiger partial charge in [0.15, 0.2) is 0 Å². The number of aliphatic hydroxyl groups is 1. The van der Waals surface area contributed by atoms with Crippen LogP contribution in [-0.2, 0) is 11.3 Å². The monoisotopic (exact) mass is 346 g/mol. The van der Waals surface area contributed by atoms with Crippen LogP contribution in [0.4, 0.5) is 0 Å². The summed E-state index contributed by atoms with van der Waals surface area (Å²) in [5.41, 5.74) is 2.16. The summed E-state index contributed by atoms with van der Waals surface area (Å²) in [4.78, 5) is 7.01. The third-order valence-electron chi connectivity index (χ3n) is 5.48. The van der Waals surface area contributed by atoms with Crippen LogP contribution in [0.3, 0.4) is 0 Å². The zero-order valence-corrected chi connectivity index (χ0v) is 14.5. The van der Waals surface area contributed by atoms with Crippen LogP contribution in [0.25, 0.3) is 10.9 Å². The Morgan fingerprint density at radius 1 is 1.29 bits per heavy atom. The van der Waals surface area contributed by atoms with E-state index in [1.807, 2.05) is 24.4 Å². The fraction of sp³-hybridized carbons (Fsp3) is 0.526.